The molecule has 0 aliphatic carbocycles. The van der Waals surface area contributed by atoms with Crippen molar-refractivity contribution in [2.75, 3.05) is 20.2 Å². The van der Waals surface area contributed by atoms with Gasteiger partial charge in [0.25, 0.3) is 0 Å². The minimum Gasteiger partial charge on any atom is -0.376 e. The van der Waals surface area contributed by atoms with Crippen molar-refractivity contribution >= 4 is 5.91 Å². The lowest BCUT2D eigenvalue weighted by Gasteiger charge is -2.32. The number of nitrogens with two attached hydrogens (primary N) is 1. The van der Waals surface area contributed by atoms with Crippen LogP contribution in [0, 0.1) is 5.41 Å². The summed E-state index contributed by atoms with van der Waals surface area (Å²) >= 11 is 0. The highest BCUT2D eigenvalue weighted by Gasteiger charge is 2.30. The Labute approximate surface area is 104 Å². The Kier molecular flexibility index (Phi) is 4.95. The summed E-state index contributed by atoms with van der Waals surface area (Å²) in [7, 11) is 1.81. The fraction of sp³-hybridized carbons (Fsp3) is 0.923. The van der Waals surface area contributed by atoms with Crippen LogP contribution in [0.3, 0.4) is 0 Å². The third-order valence-corrected chi connectivity index (χ3v) is 3.33. The van der Waals surface area contributed by atoms with Crippen molar-refractivity contribution in [3.05, 3.63) is 0 Å². The van der Waals surface area contributed by atoms with E-state index in [1.807, 2.05) is 27.8 Å². The summed E-state index contributed by atoms with van der Waals surface area (Å²) < 4.78 is 5.63. The highest BCUT2D eigenvalue weighted by atomic mass is 16.5. The fourth-order valence-corrected chi connectivity index (χ4v) is 1.95. The van der Waals surface area contributed by atoms with Crippen LogP contribution in [0.25, 0.3) is 0 Å². The summed E-state index contributed by atoms with van der Waals surface area (Å²) in [5.41, 5.74) is 5.77. The highest BCUT2D eigenvalue weighted by Crippen LogP contribution is 2.20. The smallest absolute Gasteiger partial charge is 0.239 e. The van der Waals surface area contributed by atoms with Gasteiger partial charge in [-0.15, -0.1) is 0 Å². The van der Waals surface area contributed by atoms with Crippen molar-refractivity contribution in [2.24, 2.45) is 11.1 Å². The maximum absolute atomic E-state index is 12.1. The maximum atomic E-state index is 12.1. The quantitative estimate of drug-likeness (QED) is 0.813. The molecule has 1 rings (SSSR count). The van der Waals surface area contributed by atoms with Gasteiger partial charge < -0.3 is 15.4 Å². The molecule has 2 N–H and O–H groups in total. The molecule has 1 fully saturated rings. The molecular formula is C13H26N2O2. The second kappa shape index (κ2) is 5.83. The lowest BCUT2D eigenvalue weighted by atomic mass is 9.86. The summed E-state index contributed by atoms with van der Waals surface area (Å²) in [4.78, 5) is 13.8. The van der Waals surface area contributed by atoms with Gasteiger partial charge in [-0.05, 0) is 24.7 Å². The zero-order chi connectivity index (χ0) is 13.1. The van der Waals surface area contributed by atoms with Gasteiger partial charge in [-0.2, -0.15) is 0 Å². The average molecular weight is 242 g/mol. The molecule has 1 amide bonds. The molecule has 4 heteroatoms. The molecule has 0 saturated carbocycles. The third-order valence-electron chi connectivity index (χ3n) is 3.33. The molecule has 4 nitrogen and oxygen atoms in total. The molecule has 1 heterocycles. The first-order valence-electron chi connectivity index (χ1n) is 6.44. The predicted octanol–water partition coefficient (Wildman–Crippen LogP) is 1.39. The molecule has 2 unspecified atom stereocenters. The summed E-state index contributed by atoms with van der Waals surface area (Å²) in [5.74, 6) is 0.00618. The van der Waals surface area contributed by atoms with Crippen LogP contribution >= 0.6 is 0 Å². The van der Waals surface area contributed by atoms with Crippen molar-refractivity contribution in [1.29, 1.82) is 0 Å². The number of ether oxygens (including phenoxy) is 1. The minimum atomic E-state index is -0.448. The van der Waals surface area contributed by atoms with Gasteiger partial charge in [-0.1, -0.05) is 20.8 Å². The highest BCUT2D eigenvalue weighted by molar-refractivity contribution is 5.82. The summed E-state index contributed by atoms with van der Waals surface area (Å²) in [5, 5.41) is 0. The normalized spacial score (nSPS) is 23.2. The maximum Gasteiger partial charge on any atom is 0.239 e. The monoisotopic (exact) mass is 242 g/mol. The summed E-state index contributed by atoms with van der Waals surface area (Å²) in [6.45, 7) is 7.43. The number of likely N-dealkylation sites (N-methyl/N-ethyl adjacent to an activating group) is 1. The lowest BCUT2D eigenvalue weighted by Crippen LogP contribution is -2.51. The van der Waals surface area contributed by atoms with Crippen LogP contribution in [0.2, 0.25) is 0 Å². The molecule has 0 aromatic rings. The number of nitrogens with zero attached hydrogens (tertiary/aromatic N) is 1. The molecule has 100 valence electrons. The van der Waals surface area contributed by atoms with Gasteiger partial charge in [0.15, 0.2) is 0 Å². The fourth-order valence-electron chi connectivity index (χ4n) is 1.95. The average Bonchev–Trinajstić information content (AvgIpc) is 2.27. The van der Waals surface area contributed by atoms with Crippen LogP contribution in [-0.4, -0.2) is 43.2 Å². The van der Waals surface area contributed by atoms with E-state index in [1.165, 1.54) is 6.42 Å². The largest absolute Gasteiger partial charge is 0.376 e. The van der Waals surface area contributed by atoms with Crippen LogP contribution in [-0.2, 0) is 9.53 Å². The molecule has 17 heavy (non-hydrogen) atoms. The Hall–Kier alpha value is -0.610. The van der Waals surface area contributed by atoms with Crippen molar-refractivity contribution in [3.63, 3.8) is 0 Å². The van der Waals surface area contributed by atoms with Gasteiger partial charge in [0, 0.05) is 20.2 Å². The number of carbonyl (C=O) groups is 1. The summed E-state index contributed by atoms with van der Waals surface area (Å²) in [6.07, 6.45) is 3.56. The number of hydrogen-bond acceptors (Lipinski definition) is 3. The molecule has 1 aliphatic heterocycles. The molecule has 1 saturated heterocycles. The van der Waals surface area contributed by atoms with Crippen LogP contribution in [0.4, 0.5) is 0 Å². The lowest BCUT2D eigenvalue weighted by molar-refractivity contribution is -0.136. The molecule has 0 bridgehead atoms. The molecular weight excluding hydrogens is 216 g/mol. The number of rotatable bonds is 3. The molecule has 1 aliphatic rings. The van der Waals surface area contributed by atoms with Gasteiger partial charge in [0.05, 0.1) is 12.1 Å². The van der Waals surface area contributed by atoms with Crippen LogP contribution in [0.5, 0.6) is 0 Å². The Morgan fingerprint density at radius 1 is 1.47 bits per heavy atom. The van der Waals surface area contributed by atoms with E-state index < -0.39 is 6.04 Å². The zero-order valence-corrected chi connectivity index (χ0v) is 11.5. The first-order chi connectivity index (χ1) is 7.82. The van der Waals surface area contributed by atoms with Crippen LogP contribution in [0.1, 0.15) is 40.0 Å². The van der Waals surface area contributed by atoms with Crippen LogP contribution < -0.4 is 5.73 Å². The first-order valence-corrected chi connectivity index (χ1v) is 6.44. The SMILES string of the molecule is CN(CC1CCCCO1)C(=O)C(N)C(C)(C)C. The molecule has 0 aromatic heterocycles. The predicted molar refractivity (Wildman–Crippen MR) is 68.7 cm³/mol. The van der Waals surface area contributed by atoms with E-state index in [0.717, 1.165) is 19.4 Å². The Morgan fingerprint density at radius 2 is 2.12 bits per heavy atom. The van der Waals surface area contributed by atoms with Gasteiger partial charge in [0.2, 0.25) is 5.91 Å². The van der Waals surface area contributed by atoms with Crippen molar-refractivity contribution in [1.82, 2.24) is 4.90 Å². The van der Waals surface area contributed by atoms with E-state index >= 15 is 0 Å². The van der Waals surface area contributed by atoms with Crippen LogP contribution in [0.15, 0.2) is 0 Å². The summed E-state index contributed by atoms with van der Waals surface area (Å²) in [6, 6.07) is -0.448. The van der Waals surface area contributed by atoms with E-state index in [1.54, 1.807) is 4.90 Å². The topological polar surface area (TPSA) is 55.6 Å². The molecule has 0 aromatic carbocycles. The van der Waals surface area contributed by atoms with Gasteiger partial charge in [-0.25, -0.2) is 0 Å². The molecule has 0 radical (unpaired) electrons. The molecule has 2 atom stereocenters. The Bertz CT molecular complexity index is 255. The number of hydrogen-bond donors (Lipinski definition) is 1. The number of amides is 1. The second-order valence-electron chi connectivity index (χ2n) is 6.05. The van der Waals surface area contributed by atoms with Crippen molar-refractivity contribution in [2.45, 2.75) is 52.2 Å². The molecule has 0 spiro atoms. The third kappa shape index (κ3) is 4.28. The van der Waals surface area contributed by atoms with Gasteiger partial charge in [0.1, 0.15) is 0 Å². The van der Waals surface area contributed by atoms with Gasteiger partial charge in [-0.3, -0.25) is 4.79 Å². The second-order valence-corrected chi connectivity index (χ2v) is 6.05. The minimum absolute atomic E-state index is 0.00618. The van der Waals surface area contributed by atoms with Crippen molar-refractivity contribution < 1.29 is 9.53 Å². The van der Waals surface area contributed by atoms with E-state index in [0.29, 0.717) is 6.54 Å². The van der Waals surface area contributed by atoms with E-state index in [-0.39, 0.29) is 17.4 Å². The van der Waals surface area contributed by atoms with E-state index in [9.17, 15) is 4.79 Å². The van der Waals surface area contributed by atoms with E-state index in [2.05, 4.69) is 0 Å². The zero-order valence-electron chi connectivity index (χ0n) is 11.5. The number of carbonyl (C=O) groups excluding carboxylic acids is 1. The Morgan fingerprint density at radius 3 is 2.59 bits per heavy atom. The Balaban J connectivity index is 2.46. The first kappa shape index (κ1) is 14.5. The van der Waals surface area contributed by atoms with Crippen molar-refractivity contribution in [3.8, 4) is 0 Å². The van der Waals surface area contributed by atoms with Gasteiger partial charge >= 0.3 is 0 Å². The van der Waals surface area contributed by atoms with E-state index in [4.69, 9.17) is 10.5 Å². The standard InChI is InChI=1S/C13H26N2O2/c1-13(2,3)11(14)12(16)15(4)9-10-7-5-6-8-17-10/h10-11H,5-9,14H2,1-4H3.